The highest BCUT2D eigenvalue weighted by atomic mass is 19.1. The molecule has 0 spiro atoms. The number of halogens is 1. The zero-order valence-corrected chi connectivity index (χ0v) is 17.5. The normalized spacial score (nSPS) is 11.5. The molecule has 5 aromatic heterocycles. The lowest BCUT2D eigenvalue weighted by atomic mass is 10.0. The number of rotatable bonds is 3. The van der Waals surface area contributed by atoms with Crippen LogP contribution in [0.4, 0.5) is 10.1 Å². The number of fused-ring (bicyclic) bond motifs is 2. The van der Waals surface area contributed by atoms with Gasteiger partial charge in [0.05, 0.1) is 11.1 Å². The van der Waals surface area contributed by atoms with Crippen LogP contribution < -0.4 is 5.73 Å². The van der Waals surface area contributed by atoms with Gasteiger partial charge in [0.25, 0.3) is 0 Å². The third kappa shape index (κ3) is 3.26. The van der Waals surface area contributed by atoms with Crippen LogP contribution in [0.2, 0.25) is 0 Å². The molecule has 0 saturated heterocycles. The minimum atomic E-state index is -0.293. The summed E-state index contributed by atoms with van der Waals surface area (Å²) in [7, 11) is 0. The topological polar surface area (TPSA) is 122 Å². The summed E-state index contributed by atoms with van der Waals surface area (Å²) >= 11 is 0. The first-order valence-corrected chi connectivity index (χ1v) is 10.2. The molecule has 6 aromatic rings. The molecule has 8 nitrogen and oxygen atoms in total. The Morgan fingerprint density at radius 3 is 2.64 bits per heavy atom. The Hall–Kier alpha value is -4.66. The maximum Gasteiger partial charge on any atom is 0.161 e. The maximum absolute atomic E-state index is 14.0. The van der Waals surface area contributed by atoms with E-state index in [1.54, 1.807) is 24.8 Å². The standard InChI is InChI=1S/C24H17FN8/c1-12-4-13(6-16(25)5-12)18-2-3-28-23-20(18)30-24(31-23)21-19-8-15(10-29-22(19)33-32-21)14-7-17(26)11-27-9-14/h2-11H,26H2,1H3,(H,28,30,31)(H,29,32,33). The molecule has 0 amide bonds. The van der Waals surface area contributed by atoms with Crippen molar-refractivity contribution in [2.45, 2.75) is 6.92 Å². The van der Waals surface area contributed by atoms with E-state index in [0.717, 1.165) is 33.2 Å². The van der Waals surface area contributed by atoms with Crippen molar-refractivity contribution in [3.63, 3.8) is 0 Å². The predicted molar refractivity (Wildman–Crippen MR) is 125 cm³/mol. The molecular weight excluding hydrogens is 419 g/mol. The monoisotopic (exact) mass is 436 g/mol. The average molecular weight is 436 g/mol. The third-order valence-electron chi connectivity index (χ3n) is 5.47. The molecule has 1 aromatic carbocycles. The van der Waals surface area contributed by atoms with Crippen LogP contribution in [0.3, 0.4) is 0 Å². The van der Waals surface area contributed by atoms with Gasteiger partial charge in [-0.25, -0.2) is 19.3 Å². The number of hydrogen-bond acceptors (Lipinski definition) is 6. The fourth-order valence-corrected chi connectivity index (χ4v) is 4.00. The Labute approximate surface area is 186 Å². The van der Waals surface area contributed by atoms with Crippen LogP contribution in [-0.2, 0) is 0 Å². The molecule has 6 rings (SSSR count). The van der Waals surface area contributed by atoms with Crippen molar-refractivity contribution in [1.82, 2.24) is 35.1 Å². The van der Waals surface area contributed by atoms with E-state index in [1.165, 1.54) is 12.1 Å². The van der Waals surface area contributed by atoms with Crippen LogP contribution in [0.1, 0.15) is 5.56 Å². The molecule has 5 heterocycles. The van der Waals surface area contributed by atoms with Gasteiger partial charge in [0.15, 0.2) is 17.1 Å². The van der Waals surface area contributed by atoms with Crippen molar-refractivity contribution >= 4 is 27.9 Å². The Morgan fingerprint density at radius 1 is 0.909 bits per heavy atom. The second-order valence-electron chi connectivity index (χ2n) is 7.86. The molecule has 0 radical (unpaired) electrons. The first kappa shape index (κ1) is 19.1. The fraction of sp³-hybridized carbons (Fsp3) is 0.0417. The number of H-pyrrole nitrogens is 2. The molecule has 0 aliphatic rings. The van der Waals surface area contributed by atoms with Crippen LogP contribution in [0, 0.1) is 12.7 Å². The number of hydrogen-bond donors (Lipinski definition) is 3. The van der Waals surface area contributed by atoms with Gasteiger partial charge in [-0.3, -0.25) is 10.1 Å². The summed E-state index contributed by atoms with van der Waals surface area (Å²) < 4.78 is 14.0. The summed E-state index contributed by atoms with van der Waals surface area (Å²) in [5.41, 5.74) is 13.0. The minimum Gasteiger partial charge on any atom is -0.397 e. The van der Waals surface area contributed by atoms with Crippen LogP contribution in [0.15, 0.2) is 61.2 Å². The molecule has 9 heteroatoms. The Kier molecular flexibility index (Phi) is 4.16. The van der Waals surface area contributed by atoms with Gasteiger partial charge in [0, 0.05) is 41.5 Å². The number of benzene rings is 1. The van der Waals surface area contributed by atoms with E-state index in [9.17, 15) is 4.39 Å². The van der Waals surface area contributed by atoms with E-state index in [0.29, 0.717) is 34.0 Å². The van der Waals surface area contributed by atoms with Crippen LogP contribution >= 0.6 is 0 Å². The first-order valence-electron chi connectivity index (χ1n) is 10.2. The second kappa shape index (κ2) is 7.20. The van der Waals surface area contributed by atoms with Gasteiger partial charge in [0.2, 0.25) is 0 Å². The number of nitrogens with zero attached hydrogens (tertiary/aromatic N) is 5. The van der Waals surface area contributed by atoms with E-state index in [2.05, 4.69) is 30.1 Å². The van der Waals surface area contributed by atoms with Gasteiger partial charge in [0.1, 0.15) is 17.0 Å². The predicted octanol–water partition coefficient (Wildman–Crippen LogP) is 4.65. The fourth-order valence-electron chi connectivity index (χ4n) is 4.00. The smallest absolute Gasteiger partial charge is 0.161 e. The second-order valence-corrected chi connectivity index (χ2v) is 7.86. The zero-order valence-electron chi connectivity index (χ0n) is 17.5. The summed E-state index contributed by atoms with van der Waals surface area (Å²) in [6.07, 6.45) is 6.75. The SMILES string of the molecule is Cc1cc(F)cc(-c2ccnc3[nH]c(-c4n[nH]c5ncc(-c6cncc(N)c6)cc45)nc23)c1. The number of pyridine rings is 3. The van der Waals surface area contributed by atoms with Gasteiger partial charge in [-0.1, -0.05) is 6.07 Å². The summed E-state index contributed by atoms with van der Waals surface area (Å²) in [5, 5.41) is 8.17. The average Bonchev–Trinajstić information content (AvgIpc) is 3.41. The van der Waals surface area contributed by atoms with Crippen molar-refractivity contribution in [2.75, 3.05) is 5.73 Å². The minimum absolute atomic E-state index is 0.293. The van der Waals surface area contributed by atoms with E-state index in [4.69, 9.17) is 10.7 Å². The van der Waals surface area contributed by atoms with E-state index in [-0.39, 0.29) is 5.82 Å². The van der Waals surface area contributed by atoms with Crippen molar-refractivity contribution in [1.29, 1.82) is 0 Å². The number of nitrogens with one attached hydrogen (secondary N) is 2. The molecule has 0 aliphatic heterocycles. The van der Waals surface area contributed by atoms with Gasteiger partial charge in [-0.2, -0.15) is 5.10 Å². The molecule has 4 N–H and O–H groups in total. The Bertz CT molecular complexity index is 1650. The lowest BCUT2D eigenvalue weighted by Gasteiger charge is -2.04. The Balaban J connectivity index is 1.51. The number of aromatic amines is 2. The zero-order chi connectivity index (χ0) is 22.5. The van der Waals surface area contributed by atoms with Crippen molar-refractivity contribution in [3.05, 3.63) is 72.6 Å². The number of imidazole rings is 1. The quantitative estimate of drug-likeness (QED) is 0.371. The first-order chi connectivity index (χ1) is 16.0. The van der Waals surface area contributed by atoms with E-state index in [1.807, 2.05) is 31.2 Å². The van der Waals surface area contributed by atoms with E-state index >= 15 is 0 Å². The van der Waals surface area contributed by atoms with Crippen LogP contribution in [0.5, 0.6) is 0 Å². The number of aromatic nitrogens is 7. The molecule has 0 atom stereocenters. The largest absolute Gasteiger partial charge is 0.397 e. The number of nitrogen functional groups attached to an aromatic ring is 1. The van der Waals surface area contributed by atoms with Crippen molar-refractivity contribution in [2.24, 2.45) is 0 Å². The molecule has 0 aliphatic carbocycles. The van der Waals surface area contributed by atoms with Crippen molar-refractivity contribution in [3.8, 4) is 33.8 Å². The van der Waals surface area contributed by atoms with Crippen LogP contribution in [0.25, 0.3) is 56.0 Å². The maximum atomic E-state index is 14.0. The number of aryl methyl sites for hydroxylation is 1. The summed E-state index contributed by atoms with van der Waals surface area (Å²) in [5.74, 6) is 0.243. The molecular formula is C24H17FN8. The summed E-state index contributed by atoms with van der Waals surface area (Å²) in [6, 6.07) is 10.6. The lowest BCUT2D eigenvalue weighted by Crippen LogP contribution is -1.89. The molecule has 0 bridgehead atoms. The molecule has 0 fully saturated rings. The molecule has 33 heavy (non-hydrogen) atoms. The molecule has 0 unspecified atom stereocenters. The van der Waals surface area contributed by atoms with Gasteiger partial charge in [-0.15, -0.1) is 0 Å². The summed E-state index contributed by atoms with van der Waals surface area (Å²) in [6.45, 7) is 1.86. The third-order valence-corrected chi connectivity index (χ3v) is 5.47. The van der Waals surface area contributed by atoms with Crippen molar-refractivity contribution < 1.29 is 4.39 Å². The molecule has 160 valence electrons. The van der Waals surface area contributed by atoms with Gasteiger partial charge in [-0.05, 0) is 48.4 Å². The van der Waals surface area contributed by atoms with E-state index < -0.39 is 0 Å². The van der Waals surface area contributed by atoms with Gasteiger partial charge < -0.3 is 10.7 Å². The summed E-state index contributed by atoms with van der Waals surface area (Å²) in [4.78, 5) is 21.1. The number of anilines is 1. The van der Waals surface area contributed by atoms with Gasteiger partial charge >= 0.3 is 0 Å². The lowest BCUT2D eigenvalue weighted by molar-refractivity contribution is 0.627. The Morgan fingerprint density at radius 2 is 1.79 bits per heavy atom. The highest BCUT2D eigenvalue weighted by molar-refractivity contribution is 5.96. The van der Waals surface area contributed by atoms with Crippen LogP contribution in [-0.4, -0.2) is 35.1 Å². The number of nitrogens with two attached hydrogens (primary N) is 1. The highest BCUT2D eigenvalue weighted by Gasteiger charge is 2.17. The molecule has 0 saturated carbocycles. The highest BCUT2D eigenvalue weighted by Crippen LogP contribution is 2.32.